The highest BCUT2D eigenvalue weighted by molar-refractivity contribution is 7.11. The van der Waals surface area contributed by atoms with Crippen molar-refractivity contribution in [2.45, 2.75) is 32.2 Å². The second-order valence-corrected chi connectivity index (χ2v) is 8.84. The molecule has 1 aliphatic rings. The molecule has 2 heterocycles. The first kappa shape index (κ1) is 21.3. The molecule has 0 spiro atoms. The summed E-state index contributed by atoms with van der Waals surface area (Å²) in [7, 11) is 0. The molecule has 1 aliphatic heterocycles. The molecule has 8 heteroatoms. The number of carbonyl (C=O) groups excluding carboxylic acids is 1. The molecule has 0 bridgehead atoms. The van der Waals surface area contributed by atoms with Gasteiger partial charge in [-0.05, 0) is 48.6 Å². The fourth-order valence-corrected chi connectivity index (χ4v) is 4.46. The van der Waals surface area contributed by atoms with Crippen LogP contribution in [0.25, 0.3) is 0 Å². The van der Waals surface area contributed by atoms with Crippen LogP contribution >= 0.6 is 34.7 Å². The van der Waals surface area contributed by atoms with Crippen molar-refractivity contribution in [3.05, 3.63) is 81.0 Å². The van der Waals surface area contributed by atoms with Crippen LogP contribution in [-0.4, -0.2) is 16.9 Å². The lowest BCUT2D eigenvalue weighted by Crippen LogP contribution is -2.22. The number of nitrogens with zero attached hydrogens (tertiary/aromatic N) is 1. The second-order valence-electron chi connectivity index (χ2n) is 7.25. The Kier molecular flexibility index (Phi) is 6.14. The number of halogens is 2. The van der Waals surface area contributed by atoms with Crippen LogP contribution in [0.4, 0.5) is 5.00 Å². The average Bonchev–Trinajstić information content (AvgIpc) is 3.27. The van der Waals surface area contributed by atoms with Crippen molar-refractivity contribution in [2.75, 3.05) is 11.9 Å². The number of ether oxygens (including phenoxy) is 2. The van der Waals surface area contributed by atoms with Crippen molar-refractivity contribution in [3.8, 4) is 0 Å². The maximum atomic E-state index is 12.3. The number of anilines is 1. The average molecular weight is 463 g/mol. The Hall–Kier alpha value is -1.96. The van der Waals surface area contributed by atoms with Gasteiger partial charge in [-0.1, -0.05) is 59.6 Å². The van der Waals surface area contributed by atoms with E-state index in [1.165, 1.54) is 11.5 Å². The lowest BCUT2D eigenvalue weighted by atomic mass is 10.0. The molecule has 0 aliphatic carbocycles. The van der Waals surface area contributed by atoms with Gasteiger partial charge in [0.2, 0.25) is 5.91 Å². The highest BCUT2D eigenvalue weighted by Crippen LogP contribution is 2.40. The lowest BCUT2D eigenvalue weighted by Gasteiger charge is -2.24. The molecule has 2 aromatic carbocycles. The molecule has 2 unspecified atom stereocenters. The van der Waals surface area contributed by atoms with Crippen LogP contribution in [0.1, 0.15) is 35.4 Å². The van der Waals surface area contributed by atoms with Crippen molar-refractivity contribution < 1.29 is 14.3 Å². The van der Waals surface area contributed by atoms with Crippen molar-refractivity contribution in [1.29, 1.82) is 0 Å². The van der Waals surface area contributed by atoms with E-state index in [0.717, 1.165) is 16.7 Å². The molecule has 1 amide bonds. The normalized spacial score (nSPS) is 21.0. The molecule has 1 fully saturated rings. The Balaban J connectivity index is 1.40. The fraction of sp³-hybridized carbons (Fsp3) is 0.273. The summed E-state index contributed by atoms with van der Waals surface area (Å²) in [6.07, 6.45) is 0.0451. The maximum Gasteiger partial charge on any atom is 0.229 e. The molecule has 0 radical (unpaired) electrons. The van der Waals surface area contributed by atoms with E-state index < -0.39 is 5.79 Å². The number of rotatable bonds is 5. The highest BCUT2D eigenvalue weighted by atomic mass is 35.5. The van der Waals surface area contributed by atoms with E-state index in [1.54, 1.807) is 6.92 Å². The molecule has 4 rings (SSSR count). The smallest absolute Gasteiger partial charge is 0.229 e. The number of hydrogen-bond donors (Lipinski definition) is 1. The molecule has 2 atom stereocenters. The molecular weight excluding hydrogens is 443 g/mol. The Morgan fingerprint density at radius 1 is 1.27 bits per heavy atom. The molecular formula is C22H20Cl2N2O3S. The van der Waals surface area contributed by atoms with E-state index in [2.05, 4.69) is 9.69 Å². The molecule has 1 N–H and O–H groups in total. The van der Waals surface area contributed by atoms with Crippen molar-refractivity contribution in [1.82, 2.24) is 4.37 Å². The Morgan fingerprint density at radius 2 is 2.03 bits per heavy atom. The summed E-state index contributed by atoms with van der Waals surface area (Å²) >= 11 is 13.4. The minimum Gasteiger partial charge on any atom is -0.343 e. The molecule has 1 aromatic heterocycles. The van der Waals surface area contributed by atoms with Gasteiger partial charge in [-0.2, -0.15) is 4.37 Å². The zero-order valence-corrected chi connectivity index (χ0v) is 18.8. The predicted octanol–water partition coefficient (Wildman–Crippen LogP) is 5.90. The number of nitrogens with one attached hydrogen (secondary N) is 1. The van der Waals surface area contributed by atoms with Gasteiger partial charge < -0.3 is 14.8 Å². The Morgan fingerprint density at radius 3 is 2.70 bits per heavy atom. The summed E-state index contributed by atoms with van der Waals surface area (Å²) in [6.45, 7) is 4.14. The van der Waals surface area contributed by atoms with Gasteiger partial charge in [-0.25, -0.2) is 0 Å². The van der Waals surface area contributed by atoms with E-state index in [1.807, 2.05) is 55.5 Å². The van der Waals surface area contributed by atoms with E-state index >= 15 is 0 Å². The van der Waals surface area contributed by atoms with Gasteiger partial charge >= 0.3 is 0 Å². The van der Waals surface area contributed by atoms with Crippen LogP contribution in [0.5, 0.6) is 0 Å². The summed E-state index contributed by atoms with van der Waals surface area (Å²) in [6, 6.07) is 15.2. The van der Waals surface area contributed by atoms with Crippen LogP contribution in [0.3, 0.4) is 0 Å². The second kappa shape index (κ2) is 8.65. The minimum absolute atomic E-state index is 0.145. The maximum absolute atomic E-state index is 12.3. The third-order valence-electron chi connectivity index (χ3n) is 4.98. The first-order valence-electron chi connectivity index (χ1n) is 9.42. The van der Waals surface area contributed by atoms with Crippen LogP contribution in [0.2, 0.25) is 10.0 Å². The van der Waals surface area contributed by atoms with Gasteiger partial charge in [0.15, 0.2) is 5.79 Å². The topological polar surface area (TPSA) is 60.5 Å². The van der Waals surface area contributed by atoms with Gasteiger partial charge in [0.05, 0.1) is 23.7 Å². The summed E-state index contributed by atoms with van der Waals surface area (Å²) in [5, 5.41) is 4.54. The largest absolute Gasteiger partial charge is 0.343 e. The summed E-state index contributed by atoms with van der Waals surface area (Å²) < 4.78 is 16.3. The first-order valence-corrected chi connectivity index (χ1v) is 11.0. The minimum atomic E-state index is -0.860. The van der Waals surface area contributed by atoms with Crippen molar-refractivity contribution in [3.63, 3.8) is 0 Å². The van der Waals surface area contributed by atoms with Crippen LogP contribution in [0.15, 0.2) is 48.5 Å². The quantitative estimate of drug-likeness (QED) is 0.512. The van der Waals surface area contributed by atoms with Crippen LogP contribution < -0.4 is 5.32 Å². The van der Waals surface area contributed by atoms with E-state index in [9.17, 15) is 4.79 Å². The van der Waals surface area contributed by atoms with Crippen LogP contribution in [-0.2, 0) is 26.5 Å². The van der Waals surface area contributed by atoms with Gasteiger partial charge in [0.1, 0.15) is 11.1 Å². The van der Waals surface area contributed by atoms with Gasteiger partial charge in [0.25, 0.3) is 0 Å². The third-order valence-corrected chi connectivity index (χ3v) is 6.65. The molecule has 0 saturated carbocycles. The Labute approximate surface area is 189 Å². The van der Waals surface area contributed by atoms with Gasteiger partial charge in [0, 0.05) is 10.6 Å². The molecule has 156 valence electrons. The predicted molar refractivity (Wildman–Crippen MR) is 119 cm³/mol. The number of amides is 1. The molecule has 3 aromatic rings. The van der Waals surface area contributed by atoms with E-state index in [4.69, 9.17) is 32.7 Å². The fourth-order valence-electron chi connectivity index (χ4n) is 3.31. The van der Waals surface area contributed by atoms with Gasteiger partial charge in [-0.15, -0.1) is 0 Å². The lowest BCUT2D eigenvalue weighted by molar-refractivity contribution is -0.162. The summed E-state index contributed by atoms with van der Waals surface area (Å²) in [4.78, 5) is 12.3. The molecule has 5 nitrogen and oxygen atoms in total. The van der Waals surface area contributed by atoms with Crippen LogP contribution in [0, 0.1) is 6.92 Å². The first-order chi connectivity index (χ1) is 14.3. The standard InChI is InChI=1S/C22H20Cl2N2O3S/c1-13-20(24)21(30-26-13)25-19(27)10-14-6-8-16(9-7-14)22(2)28-12-18(29-22)15-4-3-5-17(23)11-15/h3-9,11,18H,10,12H2,1-2H3,(H,25,27). The number of aryl methyl sites for hydroxylation is 1. The van der Waals surface area contributed by atoms with E-state index in [-0.39, 0.29) is 18.4 Å². The van der Waals surface area contributed by atoms with Crippen molar-refractivity contribution in [2.24, 2.45) is 0 Å². The number of hydrogen-bond acceptors (Lipinski definition) is 5. The zero-order valence-electron chi connectivity index (χ0n) is 16.4. The molecule has 1 saturated heterocycles. The summed E-state index contributed by atoms with van der Waals surface area (Å²) in [5.74, 6) is -1.00. The number of carbonyl (C=O) groups is 1. The highest BCUT2D eigenvalue weighted by Gasteiger charge is 2.39. The van der Waals surface area contributed by atoms with Crippen molar-refractivity contribution >= 4 is 45.6 Å². The number of aromatic nitrogens is 1. The SMILES string of the molecule is Cc1nsc(NC(=O)Cc2ccc(C3(C)OCC(c4cccc(Cl)c4)O3)cc2)c1Cl. The monoisotopic (exact) mass is 462 g/mol. The number of benzene rings is 2. The summed E-state index contributed by atoms with van der Waals surface area (Å²) in [5.41, 5.74) is 3.46. The Bertz CT molecular complexity index is 1070. The van der Waals surface area contributed by atoms with E-state index in [0.29, 0.717) is 27.3 Å². The van der Waals surface area contributed by atoms with Gasteiger partial charge in [-0.3, -0.25) is 4.79 Å². The zero-order chi connectivity index (χ0) is 21.3. The third kappa shape index (κ3) is 4.53. The molecule has 30 heavy (non-hydrogen) atoms.